The number of nitrogens with zero attached hydrogens (tertiary/aromatic N) is 1. The molecule has 0 saturated carbocycles. The predicted molar refractivity (Wildman–Crippen MR) is 95.9 cm³/mol. The number of hydrogen-bond donors (Lipinski definition) is 1. The van der Waals surface area contributed by atoms with E-state index in [0.717, 1.165) is 11.1 Å². The summed E-state index contributed by atoms with van der Waals surface area (Å²) < 4.78 is 0. The van der Waals surface area contributed by atoms with E-state index in [2.05, 4.69) is 5.32 Å². The SMILES string of the molecule is C[C@@H](N[C@H](C(=O)N(C)C)c1ccccc1)c1ccc(Cl)cc1Cl. The number of likely N-dealkylation sites (N-methyl/N-ethyl adjacent to an activating group) is 1. The largest absolute Gasteiger partial charge is 0.347 e. The molecule has 0 aliphatic rings. The third-order valence-corrected chi connectivity index (χ3v) is 4.23. The Morgan fingerprint density at radius 1 is 1.09 bits per heavy atom. The second kappa shape index (κ2) is 7.82. The molecule has 23 heavy (non-hydrogen) atoms. The normalized spacial score (nSPS) is 13.4. The van der Waals surface area contributed by atoms with Gasteiger partial charge in [0.15, 0.2) is 0 Å². The average Bonchev–Trinajstić information content (AvgIpc) is 2.52. The number of benzene rings is 2. The first-order valence-corrected chi connectivity index (χ1v) is 8.13. The van der Waals surface area contributed by atoms with E-state index in [1.807, 2.05) is 43.3 Å². The first-order valence-electron chi connectivity index (χ1n) is 7.37. The summed E-state index contributed by atoms with van der Waals surface area (Å²) in [6.45, 7) is 1.98. The Bertz CT molecular complexity index is 674. The van der Waals surface area contributed by atoms with E-state index in [4.69, 9.17) is 23.2 Å². The monoisotopic (exact) mass is 350 g/mol. The molecule has 0 saturated heterocycles. The second-order valence-electron chi connectivity index (χ2n) is 5.63. The summed E-state index contributed by atoms with van der Waals surface area (Å²) >= 11 is 12.2. The fourth-order valence-corrected chi connectivity index (χ4v) is 2.98. The molecule has 2 atom stereocenters. The maximum atomic E-state index is 12.6. The Morgan fingerprint density at radius 2 is 1.74 bits per heavy atom. The molecule has 0 spiro atoms. The van der Waals surface area contributed by atoms with Gasteiger partial charge in [-0.05, 0) is 30.2 Å². The molecule has 0 fully saturated rings. The van der Waals surface area contributed by atoms with Crippen molar-refractivity contribution in [2.45, 2.75) is 19.0 Å². The third-order valence-electron chi connectivity index (χ3n) is 3.67. The molecule has 0 aliphatic heterocycles. The number of carbonyl (C=O) groups is 1. The van der Waals surface area contributed by atoms with Crippen LogP contribution in [0.2, 0.25) is 10.0 Å². The lowest BCUT2D eigenvalue weighted by Crippen LogP contribution is -2.38. The lowest BCUT2D eigenvalue weighted by molar-refractivity contribution is -0.131. The van der Waals surface area contributed by atoms with Crippen molar-refractivity contribution in [3.8, 4) is 0 Å². The molecule has 3 nitrogen and oxygen atoms in total. The van der Waals surface area contributed by atoms with Crippen LogP contribution in [0.5, 0.6) is 0 Å². The molecule has 0 unspecified atom stereocenters. The van der Waals surface area contributed by atoms with Crippen LogP contribution >= 0.6 is 23.2 Å². The van der Waals surface area contributed by atoms with Crippen molar-refractivity contribution in [2.75, 3.05) is 14.1 Å². The van der Waals surface area contributed by atoms with Gasteiger partial charge in [-0.15, -0.1) is 0 Å². The van der Waals surface area contributed by atoms with Crippen molar-refractivity contribution in [3.05, 3.63) is 69.7 Å². The average molecular weight is 351 g/mol. The molecule has 2 aromatic rings. The van der Waals surface area contributed by atoms with Crippen molar-refractivity contribution in [1.82, 2.24) is 10.2 Å². The molecule has 0 radical (unpaired) electrons. The van der Waals surface area contributed by atoms with Gasteiger partial charge in [0.05, 0.1) is 0 Å². The molecule has 1 amide bonds. The standard InChI is InChI=1S/C18H20Cl2N2O/c1-12(15-10-9-14(19)11-16(15)20)21-17(18(23)22(2)3)13-7-5-4-6-8-13/h4-12,17,21H,1-3H3/t12-,17+/m1/s1. The zero-order valence-electron chi connectivity index (χ0n) is 13.4. The lowest BCUT2D eigenvalue weighted by atomic mass is 10.0. The molecule has 0 heterocycles. The van der Waals surface area contributed by atoms with E-state index < -0.39 is 6.04 Å². The van der Waals surface area contributed by atoms with Gasteiger partial charge in [0, 0.05) is 30.2 Å². The van der Waals surface area contributed by atoms with Crippen molar-refractivity contribution in [3.63, 3.8) is 0 Å². The number of rotatable bonds is 5. The predicted octanol–water partition coefficient (Wildman–Crippen LogP) is 4.47. The summed E-state index contributed by atoms with van der Waals surface area (Å²) in [6.07, 6.45) is 0. The summed E-state index contributed by atoms with van der Waals surface area (Å²) in [5.41, 5.74) is 1.83. The molecule has 0 bridgehead atoms. The fourth-order valence-electron chi connectivity index (χ4n) is 2.41. The molecular formula is C18H20Cl2N2O. The van der Waals surface area contributed by atoms with E-state index in [0.29, 0.717) is 10.0 Å². The maximum absolute atomic E-state index is 12.6. The van der Waals surface area contributed by atoms with E-state index >= 15 is 0 Å². The fraction of sp³-hybridized carbons (Fsp3) is 0.278. The molecule has 2 aromatic carbocycles. The Labute approximate surface area is 147 Å². The van der Waals surface area contributed by atoms with E-state index in [1.54, 1.807) is 31.1 Å². The third kappa shape index (κ3) is 4.47. The first-order chi connectivity index (χ1) is 10.9. The van der Waals surface area contributed by atoms with Crippen LogP contribution in [0.4, 0.5) is 0 Å². The minimum Gasteiger partial charge on any atom is -0.347 e. The van der Waals surface area contributed by atoms with Crippen molar-refractivity contribution >= 4 is 29.1 Å². The molecular weight excluding hydrogens is 331 g/mol. The van der Waals surface area contributed by atoms with Crippen LogP contribution in [0, 0.1) is 0 Å². The Hall–Kier alpha value is -1.55. The molecule has 2 rings (SSSR count). The van der Waals surface area contributed by atoms with Crippen LogP contribution in [0.1, 0.15) is 30.1 Å². The van der Waals surface area contributed by atoms with Gasteiger partial charge in [-0.25, -0.2) is 0 Å². The smallest absolute Gasteiger partial charge is 0.243 e. The van der Waals surface area contributed by atoms with Gasteiger partial charge >= 0.3 is 0 Å². The van der Waals surface area contributed by atoms with Crippen LogP contribution in [0.15, 0.2) is 48.5 Å². The van der Waals surface area contributed by atoms with Gasteiger partial charge in [0.1, 0.15) is 6.04 Å². The number of hydrogen-bond acceptors (Lipinski definition) is 2. The molecule has 1 N–H and O–H groups in total. The molecule has 0 aliphatic carbocycles. The lowest BCUT2D eigenvalue weighted by Gasteiger charge is -2.26. The second-order valence-corrected chi connectivity index (χ2v) is 6.47. The van der Waals surface area contributed by atoms with Gasteiger partial charge in [-0.1, -0.05) is 59.6 Å². The van der Waals surface area contributed by atoms with E-state index in [-0.39, 0.29) is 11.9 Å². The number of amides is 1. The summed E-state index contributed by atoms with van der Waals surface area (Å²) in [5, 5.41) is 4.55. The molecule has 122 valence electrons. The zero-order valence-corrected chi connectivity index (χ0v) is 14.9. The van der Waals surface area contributed by atoms with Gasteiger partial charge in [0.2, 0.25) is 5.91 Å². The quantitative estimate of drug-likeness (QED) is 0.862. The van der Waals surface area contributed by atoms with E-state index in [9.17, 15) is 4.79 Å². The topological polar surface area (TPSA) is 32.3 Å². The summed E-state index contributed by atoms with van der Waals surface area (Å²) in [6, 6.07) is 14.5. The van der Waals surface area contributed by atoms with Gasteiger partial charge in [-0.3, -0.25) is 10.1 Å². The minimum absolute atomic E-state index is 0.00636. The zero-order chi connectivity index (χ0) is 17.0. The molecule has 5 heteroatoms. The Kier molecular flexibility index (Phi) is 6.05. The summed E-state index contributed by atoms with van der Waals surface area (Å²) in [7, 11) is 3.50. The van der Waals surface area contributed by atoms with Crippen molar-refractivity contribution in [1.29, 1.82) is 0 Å². The van der Waals surface area contributed by atoms with Crippen LogP contribution in [0.3, 0.4) is 0 Å². The Balaban J connectivity index is 2.28. The Morgan fingerprint density at radius 3 is 2.30 bits per heavy atom. The highest BCUT2D eigenvalue weighted by molar-refractivity contribution is 6.35. The van der Waals surface area contributed by atoms with Crippen LogP contribution < -0.4 is 5.32 Å². The highest BCUT2D eigenvalue weighted by Crippen LogP contribution is 2.28. The number of carbonyl (C=O) groups excluding carboxylic acids is 1. The van der Waals surface area contributed by atoms with Crippen molar-refractivity contribution in [2.24, 2.45) is 0 Å². The molecule has 0 aromatic heterocycles. The first kappa shape index (κ1) is 17.8. The van der Waals surface area contributed by atoms with Gasteiger partial charge in [-0.2, -0.15) is 0 Å². The van der Waals surface area contributed by atoms with Gasteiger partial charge < -0.3 is 4.90 Å². The van der Waals surface area contributed by atoms with Crippen LogP contribution in [0.25, 0.3) is 0 Å². The van der Waals surface area contributed by atoms with Gasteiger partial charge in [0.25, 0.3) is 0 Å². The summed E-state index contributed by atoms with van der Waals surface area (Å²) in [5.74, 6) is -0.00636. The maximum Gasteiger partial charge on any atom is 0.243 e. The number of nitrogens with one attached hydrogen (secondary N) is 1. The van der Waals surface area contributed by atoms with Crippen LogP contribution in [-0.4, -0.2) is 24.9 Å². The van der Waals surface area contributed by atoms with E-state index in [1.165, 1.54) is 0 Å². The number of halogens is 2. The highest BCUT2D eigenvalue weighted by atomic mass is 35.5. The van der Waals surface area contributed by atoms with Crippen molar-refractivity contribution < 1.29 is 4.79 Å². The van der Waals surface area contributed by atoms with Crippen LogP contribution in [-0.2, 0) is 4.79 Å². The highest BCUT2D eigenvalue weighted by Gasteiger charge is 2.24. The summed E-state index contributed by atoms with van der Waals surface area (Å²) in [4.78, 5) is 14.1. The minimum atomic E-state index is -0.437.